The molecule has 0 saturated carbocycles. The van der Waals surface area contributed by atoms with Gasteiger partial charge in [0.05, 0.1) is 5.69 Å². The minimum Gasteiger partial charge on any atom is -0.333 e. The molecule has 15 heavy (non-hydrogen) atoms. The third-order valence-electron chi connectivity index (χ3n) is 1.97. The van der Waals surface area contributed by atoms with Gasteiger partial charge in [0.2, 0.25) is 0 Å². The zero-order valence-electron chi connectivity index (χ0n) is 7.96. The third-order valence-corrected chi connectivity index (χ3v) is 3.46. The van der Waals surface area contributed by atoms with Crippen LogP contribution in [0.2, 0.25) is 0 Å². The molecule has 0 spiro atoms. The van der Waals surface area contributed by atoms with E-state index in [4.69, 9.17) is 0 Å². The zero-order valence-corrected chi connectivity index (χ0v) is 10.4. The lowest BCUT2D eigenvalue weighted by Gasteiger charge is -2.13. The van der Waals surface area contributed by atoms with Crippen molar-refractivity contribution in [2.45, 2.75) is 6.42 Å². The summed E-state index contributed by atoms with van der Waals surface area (Å²) in [5.41, 5.74) is 0.470. The zero-order chi connectivity index (χ0) is 10.7. The van der Waals surface area contributed by atoms with Crippen LogP contribution in [0, 0.1) is 5.82 Å². The molecular formula is C10H10BrFN2S. The second-order valence-electron chi connectivity index (χ2n) is 3.14. The molecule has 1 aliphatic rings. The van der Waals surface area contributed by atoms with Crippen LogP contribution in [0.1, 0.15) is 6.42 Å². The number of hydrogen-bond acceptors (Lipinski definition) is 3. The average molecular weight is 289 g/mol. The van der Waals surface area contributed by atoms with Crippen molar-refractivity contribution < 1.29 is 4.39 Å². The first-order valence-corrected chi connectivity index (χ1v) is 6.43. The Labute approximate surface area is 100 Å². The van der Waals surface area contributed by atoms with Gasteiger partial charge in [-0.25, -0.2) is 4.39 Å². The smallest absolute Gasteiger partial charge is 0.161 e. The molecular weight excluding hydrogens is 279 g/mol. The summed E-state index contributed by atoms with van der Waals surface area (Å²) >= 11 is 4.94. The van der Waals surface area contributed by atoms with Gasteiger partial charge >= 0.3 is 0 Å². The minimum absolute atomic E-state index is 0.257. The Kier molecular flexibility index (Phi) is 3.64. The highest BCUT2D eigenvalue weighted by Crippen LogP contribution is 2.22. The third kappa shape index (κ3) is 2.95. The van der Waals surface area contributed by atoms with E-state index >= 15 is 0 Å². The van der Waals surface area contributed by atoms with E-state index in [-0.39, 0.29) is 5.82 Å². The van der Waals surface area contributed by atoms with Crippen molar-refractivity contribution in [1.29, 1.82) is 0 Å². The molecule has 80 valence electrons. The van der Waals surface area contributed by atoms with E-state index in [0.717, 1.165) is 28.4 Å². The van der Waals surface area contributed by atoms with Crippen molar-refractivity contribution in [2.75, 3.05) is 17.6 Å². The molecule has 2 nitrogen and oxygen atoms in total. The Morgan fingerprint density at radius 1 is 1.47 bits per heavy atom. The predicted octanol–water partition coefficient (Wildman–Crippen LogP) is 3.49. The number of amidine groups is 1. The normalized spacial score (nSPS) is 16.0. The van der Waals surface area contributed by atoms with Crippen LogP contribution in [0.15, 0.2) is 27.7 Å². The number of thioether (sulfide) groups is 1. The van der Waals surface area contributed by atoms with Crippen molar-refractivity contribution in [1.82, 2.24) is 0 Å². The van der Waals surface area contributed by atoms with Crippen molar-refractivity contribution >= 4 is 38.5 Å². The van der Waals surface area contributed by atoms with Gasteiger partial charge in [-0.2, -0.15) is 0 Å². The Morgan fingerprint density at radius 3 is 3.07 bits per heavy atom. The van der Waals surface area contributed by atoms with Gasteiger partial charge in [-0.3, -0.25) is 4.99 Å². The van der Waals surface area contributed by atoms with E-state index in [1.807, 2.05) is 0 Å². The molecule has 1 aliphatic heterocycles. The summed E-state index contributed by atoms with van der Waals surface area (Å²) < 4.78 is 14.2. The number of anilines is 1. The van der Waals surface area contributed by atoms with E-state index in [2.05, 4.69) is 26.2 Å². The summed E-state index contributed by atoms with van der Waals surface area (Å²) in [6.45, 7) is 0.824. The summed E-state index contributed by atoms with van der Waals surface area (Å²) in [5, 5.41) is 3.80. The summed E-state index contributed by atoms with van der Waals surface area (Å²) in [6.07, 6.45) is 1.09. The number of rotatable bonds is 1. The molecule has 0 fully saturated rings. The molecule has 0 saturated heterocycles. The second kappa shape index (κ2) is 4.99. The van der Waals surface area contributed by atoms with Gasteiger partial charge in [0.1, 0.15) is 5.82 Å². The number of benzene rings is 1. The van der Waals surface area contributed by atoms with Crippen LogP contribution in [0.5, 0.6) is 0 Å². The quantitative estimate of drug-likeness (QED) is 0.855. The first-order chi connectivity index (χ1) is 7.25. The predicted molar refractivity (Wildman–Crippen MR) is 67.1 cm³/mol. The maximum absolute atomic E-state index is 13.4. The molecule has 1 N–H and O–H groups in total. The van der Waals surface area contributed by atoms with Gasteiger partial charge in [-0.15, -0.1) is 0 Å². The summed E-state index contributed by atoms with van der Waals surface area (Å²) in [7, 11) is 0. The summed E-state index contributed by atoms with van der Waals surface area (Å²) in [4.78, 5) is 4.28. The Bertz CT molecular complexity index is 395. The maximum Gasteiger partial charge on any atom is 0.161 e. The average Bonchev–Trinajstić information content (AvgIpc) is 2.25. The van der Waals surface area contributed by atoms with Gasteiger partial charge < -0.3 is 5.32 Å². The molecule has 0 radical (unpaired) electrons. The first-order valence-electron chi connectivity index (χ1n) is 4.65. The fourth-order valence-corrected chi connectivity index (χ4v) is 2.44. The van der Waals surface area contributed by atoms with Crippen LogP contribution in [-0.4, -0.2) is 17.5 Å². The van der Waals surface area contributed by atoms with Crippen molar-refractivity contribution in [2.24, 2.45) is 4.99 Å². The molecule has 0 aliphatic carbocycles. The fraction of sp³-hybridized carbons (Fsp3) is 0.300. The number of hydrogen-bond donors (Lipinski definition) is 1. The molecule has 0 atom stereocenters. The standard InChI is InChI=1S/C10H10BrFN2S/c11-7-2-3-8(12)9(6-7)14-10-13-4-1-5-15-10/h2-3,6H,1,4-5H2,(H,13,14). The van der Waals surface area contributed by atoms with Gasteiger partial charge in [-0.05, 0) is 24.6 Å². The van der Waals surface area contributed by atoms with Crippen LogP contribution in [0.25, 0.3) is 0 Å². The Hall–Kier alpha value is -0.550. The molecule has 0 unspecified atom stereocenters. The highest BCUT2D eigenvalue weighted by Gasteiger charge is 2.09. The number of nitrogens with one attached hydrogen (secondary N) is 1. The number of halogens is 2. The topological polar surface area (TPSA) is 24.4 Å². The Balaban J connectivity index is 2.15. The van der Waals surface area contributed by atoms with Crippen LogP contribution in [0.4, 0.5) is 10.1 Å². The monoisotopic (exact) mass is 288 g/mol. The van der Waals surface area contributed by atoms with Crippen LogP contribution < -0.4 is 5.32 Å². The van der Waals surface area contributed by atoms with Crippen LogP contribution >= 0.6 is 27.7 Å². The van der Waals surface area contributed by atoms with Crippen LogP contribution in [-0.2, 0) is 0 Å². The lowest BCUT2D eigenvalue weighted by atomic mass is 10.3. The summed E-state index contributed by atoms with van der Waals surface area (Å²) in [6, 6.07) is 4.82. The maximum atomic E-state index is 13.4. The molecule has 1 heterocycles. The van der Waals surface area contributed by atoms with Gasteiger partial charge in [0.25, 0.3) is 0 Å². The molecule has 2 rings (SSSR count). The van der Waals surface area contributed by atoms with Crippen molar-refractivity contribution in [3.8, 4) is 0 Å². The lowest BCUT2D eigenvalue weighted by Crippen LogP contribution is -2.14. The van der Waals surface area contributed by atoms with Crippen molar-refractivity contribution in [3.05, 3.63) is 28.5 Å². The van der Waals surface area contributed by atoms with E-state index in [0.29, 0.717) is 5.69 Å². The highest BCUT2D eigenvalue weighted by molar-refractivity contribution is 9.10. The van der Waals surface area contributed by atoms with Crippen LogP contribution in [0.3, 0.4) is 0 Å². The SMILES string of the molecule is Fc1ccc(Br)cc1NC1=NCCCS1. The molecule has 0 aromatic heterocycles. The minimum atomic E-state index is -0.257. The number of aliphatic imine (C=N–C) groups is 1. The van der Waals surface area contributed by atoms with E-state index in [9.17, 15) is 4.39 Å². The van der Waals surface area contributed by atoms with Crippen molar-refractivity contribution in [3.63, 3.8) is 0 Å². The van der Waals surface area contributed by atoms with E-state index < -0.39 is 0 Å². The highest BCUT2D eigenvalue weighted by atomic mass is 79.9. The lowest BCUT2D eigenvalue weighted by molar-refractivity contribution is 0.632. The molecule has 1 aromatic carbocycles. The van der Waals surface area contributed by atoms with Gasteiger partial charge in [-0.1, -0.05) is 27.7 Å². The fourth-order valence-electron chi connectivity index (χ4n) is 1.24. The molecule has 0 bridgehead atoms. The van der Waals surface area contributed by atoms with Gasteiger partial charge in [0.15, 0.2) is 5.17 Å². The van der Waals surface area contributed by atoms with E-state index in [1.54, 1.807) is 23.9 Å². The summed E-state index contributed by atoms with van der Waals surface area (Å²) in [5.74, 6) is 0.786. The van der Waals surface area contributed by atoms with E-state index in [1.165, 1.54) is 6.07 Å². The Morgan fingerprint density at radius 2 is 2.33 bits per heavy atom. The molecule has 1 aromatic rings. The largest absolute Gasteiger partial charge is 0.333 e. The molecule has 0 amide bonds. The molecule has 5 heteroatoms. The number of nitrogens with zero attached hydrogens (tertiary/aromatic N) is 1. The van der Waals surface area contributed by atoms with Gasteiger partial charge in [0, 0.05) is 16.8 Å². The second-order valence-corrected chi connectivity index (χ2v) is 5.14. The first kappa shape index (κ1) is 11.0.